The van der Waals surface area contributed by atoms with Crippen molar-refractivity contribution in [2.24, 2.45) is 11.3 Å². The van der Waals surface area contributed by atoms with Crippen LogP contribution in [0, 0.1) is 11.3 Å². The van der Waals surface area contributed by atoms with Crippen LogP contribution in [0.2, 0.25) is 19.6 Å². The fourth-order valence-electron chi connectivity index (χ4n) is 2.96. The molecule has 126 valence electrons. The molecular formula is C16H28O5Si. The lowest BCUT2D eigenvalue weighted by Crippen LogP contribution is -2.40. The van der Waals surface area contributed by atoms with Gasteiger partial charge in [-0.1, -0.05) is 24.8 Å². The van der Waals surface area contributed by atoms with Gasteiger partial charge in [-0.2, -0.15) is 0 Å². The van der Waals surface area contributed by atoms with Crippen LogP contribution in [-0.2, 0) is 19.1 Å². The molecule has 5 nitrogen and oxygen atoms in total. The molecule has 1 N–H and O–H groups in total. The lowest BCUT2D eigenvalue weighted by Gasteiger charge is -2.28. The average Bonchev–Trinajstić information content (AvgIpc) is 2.76. The van der Waals surface area contributed by atoms with Gasteiger partial charge >= 0.3 is 11.9 Å². The van der Waals surface area contributed by atoms with Gasteiger partial charge in [0.1, 0.15) is 0 Å². The molecule has 0 radical (unpaired) electrons. The third-order valence-corrected chi connectivity index (χ3v) is 6.63. The van der Waals surface area contributed by atoms with E-state index >= 15 is 0 Å². The molecule has 22 heavy (non-hydrogen) atoms. The Labute approximate surface area is 133 Å². The van der Waals surface area contributed by atoms with E-state index < -0.39 is 31.5 Å². The second-order valence-electron chi connectivity index (χ2n) is 6.88. The van der Waals surface area contributed by atoms with Gasteiger partial charge in [0.15, 0.2) is 5.41 Å². The van der Waals surface area contributed by atoms with Crippen LogP contribution < -0.4 is 0 Å². The van der Waals surface area contributed by atoms with Gasteiger partial charge in [0.25, 0.3) is 0 Å². The topological polar surface area (TPSA) is 72.8 Å². The maximum Gasteiger partial charge on any atom is 0.323 e. The van der Waals surface area contributed by atoms with Crippen molar-refractivity contribution in [1.29, 1.82) is 0 Å². The number of carbonyl (C=O) groups excluding carboxylic acids is 2. The minimum atomic E-state index is -1.70. The van der Waals surface area contributed by atoms with E-state index in [1.165, 1.54) is 0 Å². The summed E-state index contributed by atoms with van der Waals surface area (Å²) in [5.74, 6) is -1.46. The number of esters is 2. The van der Waals surface area contributed by atoms with Gasteiger partial charge in [-0.05, 0) is 20.3 Å². The molecule has 0 heterocycles. The van der Waals surface area contributed by atoms with E-state index in [1.807, 2.05) is 0 Å². The van der Waals surface area contributed by atoms with Crippen molar-refractivity contribution in [3.63, 3.8) is 0 Å². The van der Waals surface area contributed by atoms with Crippen molar-refractivity contribution in [3.05, 3.63) is 11.8 Å². The average molecular weight is 328 g/mol. The van der Waals surface area contributed by atoms with Gasteiger partial charge in [-0.25, -0.2) is 0 Å². The zero-order valence-electron chi connectivity index (χ0n) is 14.3. The minimum absolute atomic E-state index is 0.0405. The van der Waals surface area contributed by atoms with Crippen molar-refractivity contribution in [3.8, 4) is 0 Å². The molecule has 0 unspecified atom stereocenters. The molecule has 1 aliphatic carbocycles. The summed E-state index contributed by atoms with van der Waals surface area (Å²) in [6.07, 6.45) is -0.513. The number of hydrogen-bond acceptors (Lipinski definition) is 5. The molecule has 0 aromatic carbocycles. The molecule has 1 aliphatic rings. The maximum absolute atomic E-state index is 12.4. The van der Waals surface area contributed by atoms with E-state index in [4.69, 9.17) is 9.47 Å². The summed E-state index contributed by atoms with van der Waals surface area (Å²) >= 11 is 0. The standard InChI is InChI=1S/C16H28O5Si/c1-7-20-14(18)16(15(19)21-8-2)9-12(13(17)10-16)11(3)22(4,5)6/h12-13,17H,3,7-10H2,1-2,4-6H3/t12-,13-/m0/s1. The van der Waals surface area contributed by atoms with E-state index in [1.54, 1.807) is 13.8 Å². The Kier molecular flexibility index (Phi) is 5.98. The van der Waals surface area contributed by atoms with Gasteiger partial charge in [0.05, 0.1) is 27.4 Å². The third kappa shape index (κ3) is 3.60. The molecule has 0 amide bonds. The van der Waals surface area contributed by atoms with Crippen LogP contribution >= 0.6 is 0 Å². The van der Waals surface area contributed by atoms with Gasteiger partial charge in [0.2, 0.25) is 0 Å². The number of rotatable bonds is 6. The first-order valence-electron chi connectivity index (χ1n) is 7.82. The zero-order chi connectivity index (χ0) is 17.1. The fraction of sp³-hybridized carbons (Fsp3) is 0.750. The van der Waals surface area contributed by atoms with Crippen LogP contribution in [0.3, 0.4) is 0 Å². The first kappa shape index (κ1) is 18.9. The summed E-state index contributed by atoms with van der Waals surface area (Å²) < 4.78 is 10.2. The molecule has 0 saturated heterocycles. The minimum Gasteiger partial charge on any atom is -0.465 e. The molecule has 0 aromatic heterocycles. The van der Waals surface area contributed by atoms with Crippen LogP contribution in [0.1, 0.15) is 26.7 Å². The van der Waals surface area contributed by atoms with Crippen LogP contribution in [0.15, 0.2) is 11.8 Å². The number of hydrogen-bond donors (Lipinski definition) is 1. The summed E-state index contributed by atoms with van der Waals surface area (Å²) in [6, 6.07) is 0. The number of ether oxygens (including phenoxy) is 2. The van der Waals surface area contributed by atoms with Gasteiger partial charge in [-0.15, -0.1) is 6.58 Å². The Balaban J connectivity index is 3.13. The number of aliphatic hydroxyl groups is 1. The Morgan fingerprint density at radius 2 is 1.59 bits per heavy atom. The number of carbonyl (C=O) groups is 2. The largest absolute Gasteiger partial charge is 0.465 e. The van der Waals surface area contributed by atoms with Gasteiger partial charge < -0.3 is 14.6 Å². The summed E-state index contributed by atoms with van der Waals surface area (Å²) in [6.45, 7) is 14.3. The lowest BCUT2D eigenvalue weighted by molar-refractivity contribution is -0.172. The summed E-state index contributed by atoms with van der Waals surface area (Å²) in [7, 11) is -1.70. The van der Waals surface area contributed by atoms with Crippen molar-refractivity contribution in [2.75, 3.05) is 13.2 Å². The quantitative estimate of drug-likeness (QED) is 0.460. The molecule has 0 bridgehead atoms. The molecular weight excluding hydrogens is 300 g/mol. The van der Waals surface area contributed by atoms with E-state index in [9.17, 15) is 14.7 Å². The molecule has 2 atom stereocenters. The highest BCUT2D eigenvalue weighted by Gasteiger charge is 2.58. The van der Waals surface area contributed by atoms with E-state index in [0.717, 1.165) is 5.20 Å². The fourth-order valence-corrected chi connectivity index (χ4v) is 4.37. The highest BCUT2D eigenvalue weighted by atomic mass is 28.3. The van der Waals surface area contributed by atoms with Gasteiger partial charge in [-0.3, -0.25) is 9.59 Å². The second-order valence-corrected chi connectivity index (χ2v) is 12.0. The lowest BCUT2D eigenvalue weighted by atomic mass is 9.85. The molecule has 0 spiro atoms. The molecule has 6 heteroatoms. The molecule has 1 fully saturated rings. The third-order valence-electron chi connectivity index (χ3n) is 4.33. The Bertz CT molecular complexity index is 434. The van der Waals surface area contributed by atoms with Crippen LogP contribution in [-0.4, -0.2) is 44.4 Å². The summed E-state index contributed by atoms with van der Waals surface area (Å²) in [5, 5.41) is 11.4. The Morgan fingerprint density at radius 1 is 1.14 bits per heavy atom. The van der Waals surface area contributed by atoms with Crippen molar-refractivity contribution >= 4 is 20.0 Å². The molecule has 0 aliphatic heterocycles. The van der Waals surface area contributed by atoms with Crippen molar-refractivity contribution < 1.29 is 24.2 Å². The van der Waals surface area contributed by atoms with E-state index in [-0.39, 0.29) is 32.0 Å². The summed E-state index contributed by atoms with van der Waals surface area (Å²) in [4.78, 5) is 24.8. The predicted molar refractivity (Wildman–Crippen MR) is 86.9 cm³/mol. The highest BCUT2D eigenvalue weighted by molar-refractivity contribution is 6.83. The van der Waals surface area contributed by atoms with Gasteiger partial charge in [0, 0.05) is 12.3 Å². The summed E-state index contributed by atoms with van der Waals surface area (Å²) in [5.41, 5.74) is -1.40. The molecule has 0 aromatic rings. The van der Waals surface area contributed by atoms with E-state index in [0.29, 0.717) is 0 Å². The SMILES string of the molecule is C=C([C@@H]1CC(C(=O)OCC)(C(=O)OCC)C[C@@H]1O)[Si](C)(C)C. The first-order valence-corrected chi connectivity index (χ1v) is 11.3. The van der Waals surface area contributed by atoms with Crippen molar-refractivity contribution in [2.45, 2.75) is 52.4 Å². The second kappa shape index (κ2) is 6.96. The Morgan fingerprint density at radius 3 is 1.95 bits per heavy atom. The smallest absolute Gasteiger partial charge is 0.323 e. The van der Waals surface area contributed by atoms with Crippen LogP contribution in [0.5, 0.6) is 0 Å². The maximum atomic E-state index is 12.4. The zero-order valence-corrected chi connectivity index (χ0v) is 15.3. The van der Waals surface area contributed by atoms with Crippen LogP contribution in [0.25, 0.3) is 0 Å². The monoisotopic (exact) mass is 328 g/mol. The predicted octanol–water partition coefficient (Wildman–Crippen LogP) is 2.30. The molecule has 1 rings (SSSR count). The Hall–Kier alpha value is -1.14. The van der Waals surface area contributed by atoms with Crippen LogP contribution in [0.4, 0.5) is 0 Å². The van der Waals surface area contributed by atoms with Crippen molar-refractivity contribution in [1.82, 2.24) is 0 Å². The molecule has 1 saturated carbocycles. The first-order chi connectivity index (χ1) is 10.1. The number of aliphatic hydroxyl groups excluding tert-OH is 1. The normalized spacial score (nSPS) is 23.9. The highest BCUT2D eigenvalue weighted by Crippen LogP contribution is 2.48. The van der Waals surface area contributed by atoms with E-state index in [2.05, 4.69) is 26.2 Å².